The van der Waals surface area contributed by atoms with Crippen LogP contribution >= 0.6 is 0 Å². The van der Waals surface area contributed by atoms with E-state index >= 15 is 0 Å². The first-order chi connectivity index (χ1) is 13.3. The molecule has 0 N–H and O–H groups in total. The van der Waals surface area contributed by atoms with E-state index in [0.717, 1.165) is 31.1 Å². The molecule has 1 heterocycles. The monoisotopic (exact) mass is 398 g/mol. The van der Waals surface area contributed by atoms with Gasteiger partial charge in [0, 0.05) is 24.9 Å². The summed E-state index contributed by atoms with van der Waals surface area (Å²) in [7, 11) is -3.32. The molecule has 1 saturated heterocycles. The van der Waals surface area contributed by atoms with Gasteiger partial charge in [-0.3, -0.25) is 14.6 Å². The molecule has 146 valence electrons. The Kier molecular flexibility index (Phi) is 4.50. The number of benzene rings is 2. The lowest BCUT2D eigenvalue weighted by Gasteiger charge is -2.31. The number of nitrogens with zero attached hydrogens (tertiary/aromatic N) is 2. The highest BCUT2D eigenvalue weighted by molar-refractivity contribution is 7.90. The van der Waals surface area contributed by atoms with Gasteiger partial charge in [0.1, 0.15) is 0 Å². The van der Waals surface area contributed by atoms with Crippen LogP contribution in [-0.4, -0.2) is 49.6 Å². The van der Waals surface area contributed by atoms with Crippen LogP contribution in [0.15, 0.2) is 59.5 Å². The highest BCUT2D eigenvalue weighted by Crippen LogP contribution is 2.50. The number of carbonyl (C=O) groups excluding carboxylic acids is 2. The van der Waals surface area contributed by atoms with Gasteiger partial charge in [0.2, 0.25) is 0 Å². The van der Waals surface area contributed by atoms with Crippen molar-refractivity contribution in [1.29, 1.82) is 0 Å². The lowest BCUT2D eigenvalue weighted by molar-refractivity contribution is -0.143. The highest BCUT2D eigenvalue weighted by Gasteiger charge is 2.54. The van der Waals surface area contributed by atoms with E-state index in [1.807, 2.05) is 30.3 Å². The van der Waals surface area contributed by atoms with Crippen molar-refractivity contribution < 1.29 is 18.0 Å². The fourth-order valence-corrected chi connectivity index (χ4v) is 4.41. The summed E-state index contributed by atoms with van der Waals surface area (Å²) in [5, 5.41) is 3.08. The SMILES string of the molecule is CS(=O)(=O)c1ccc(C(=O)N2CCCN2C(=O)C2(c3ccccc3)CC2)cc1. The number of sulfone groups is 1. The van der Waals surface area contributed by atoms with Crippen molar-refractivity contribution in [3.63, 3.8) is 0 Å². The van der Waals surface area contributed by atoms with E-state index in [9.17, 15) is 18.0 Å². The lowest BCUT2D eigenvalue weighted by atomic mass is 9.95. The lowest BCUT2D eigenvalue weighted by Crippen LogP contribution is -2.48. The van der Waals surface area contributed by atoms with Gasteiger partial charge in [0.15, 0.2) is 9.84 Å². The van der Waals surface area contributed by atoms with Crippen molar-refractivity contribution in [1.82, 2.24) is 10.0 Å². The molecule has 6 nitrogen and oxygen atoms in total. The van der Waals surface area contributed by atoms with Crippen LogP contribution in [-0.2, 0) is 20.0 Å². The summed E-state index contributed by atoms with van der Waals surface area (Å²) in [6.45, 7) is 0.990. The molecule has 0 atom stereocenters. The zero-order valence-electron chi connectivity index (χ0n) is 15.7. The van der Waals surface area contributed by atoms with Crippen molar-refractivity contribution in [2.75, 3.05) is 19.3 Å². The van der Waals surface area contributed by atoms with Crippen LogP contribution in [0.1, 0.15) is 35.2 Å². The van der Waals surface area contributed by atoms with Gasteiger partial charge in [0.25, 0.3) is 11.8 Å². The minimum atomic E-state index is -3.32. The summed E-state index contributed by atoms with van der Waals surface area (Å²) >= 11 is 0. The first-order valence-electron chi connectivity index (χ1n) is 9.32. The zero-order chi connectivity index (χ0) is 19.9. The van der Waals surface area contributed by atoms with Crippen LogP contribution in [0.3, 0.4) is 0 Å². The van der Waals surface area contributed by atoms with Crippen molar-refractivity contribution >= 4 is 21.7 Å². The smallest absolute Gasteiger partial charge is 0.272 e. The summed E-state index contributed by atoms with van der Waals surface area (Å²) < 4.78 is 23.2. The molecule has 2 aliphatic rings. The standard InChI is InChI=1S/C21H22N2O4S/c1-28(26,27)18-10-8-16(9-11-18)19(24)22-14-5-15-23(22)20(25)21(12-13-21)17-6-3-2-4-7-17/h2-4,6-11H,5,12-15H2,1H3. The largest absolute Gasteiger partial charge is 0.272 e. The number of amides is 2. The summed E-state index contributed by atoms with van der Waals surface area (Å²) in [6.07, 6.45) is 3.43. The van der Waals surface area contributed by atoms with E-state index in [1.54, 1.807) is 5.01 Å². The molecule has 0 bridgehead atoms. The Morgan fingerprint density at radius 3 is 2.07 bits per heavy atom. The topological polar surface area (TPSA) is 74.8 Å². The third-order valence-corrected chi connectivity index (χ3v) is 6.64. The molecular formula is C21H22N2O4S. The summed E-state index contributed by atoms with van der Waals surface area (Å²) in [5.41, 5.74) is 0.845. The average Bonchev–Trinajstić information content (AvgIpc) is 3.37. The molecule has 2 aromatic carbocycles. The number of hydrogen-bond acceptors (Lipinski definition) is 4. The van der Waals surface area contributed by atoms with Gasteiger partial charge in [-0.1, -0.05) is 30.3 Å². The van der Waals surface area contributed by atoms with Crippen molar-refractivity contribution in [2.45, 2.75) is 29.6 Å². The van der Waals surface area contributed by atoms with Gasteiger partial charge in [-0.2, -0.15) is 0 Å². The second kappa shape index (κ2) is 6.74. The maximum absolute atomic E-state index is 13.3. The maximum atomic E-state index is 13.3. The molecular weight excluding hydrogens is 376 g/mol. The molecule has 0 aromatic heterocycles. The number of carbonyl (C=O) groups is 2. The third kappa shape index (κ3) is 3.20. The number of hydrazine groups is 1. The fourth-order valence-electron chi connectivity index (χ4n) is 3.78. The van der Waals surface area contributed by atoms with Crippen LogP contribution < -0.4 is 0 Å². The number of rotatable bonds is 4. The van der Waals surface area contributed by atoms with Crippen molar-refractivity contribution in [2.24, 2.45) is 0 Å². The van der Waals surface area contributed by atoms with Crippen LogP contribution in [0.4, 0.5) is 0 Å². The van der Waals surface area contributed by atoms with Gasteiger partial charge >= 0.3 is 0 Å². The van der Waals surface area contributed by atoms with Crippen LogP contribution in [0, 0.1) is 0 Å². The minimum Gasteiger partial charge on any atom is -0.272 e. The molecule has 2 fully saturated rings. The quantitative estimate of drug-likeness (QED) is 0.793. The second-order valence-electron chi connectivity index (χ2n) is 7.45. The van der Waals surface area contributed by atoms with Crippen LogP contribution in [0.2, 0.25) is 0 Å². The zero-order valence-corrected chi connectivity index (χ0v) is 16.5. The van der Waals surface area contributed by atoms with E-state index in [2.05, 4.69) is 0 Å². The van der Waals surface area contributed by atoms with Gasteiger partial charge in [-0.15, -0.1) is 0 Å². The Balaban J connectivity index is 1.57. The molecule has 1 saturated carbocycles. The molecule has 2 amide bonds. The van der Waals surface area contributed by atoms with E-state index in [0.29, 0.717) is 18.7 Å². The fraction of sp³-hybridized carbons (Fsp3) is 0.333. The van der Waals surface area contributed by atoms with Crippen LogP contribution in [0.25, 0.3) is 0 Å². The van der Waals surface area contributed by atoms with Crippen LogP contribution in [0.5, 0.6) is 0 Å². The normalized spacial score (nSPS) is 18.2. The second-order valence-corrected chi connectivity index (χ2v) is 9.47. The molecule has 28 heavy (non-hydrogen) atoms. The Hall–Kier alpha value is -2.67. The Labute approximate surface area is 164 Å². The average molecular weight is 398 g/mol. The van der Waals surface area contributed by atoms with Gasteiger partial charge in [0.05, 0.1) is 10.3 Å². The van der Waals surface area contributed by atoms with Gasteiger partial charge in [-0.05, 0) is 49.1 Å². The molecule has 1 aliphatic carbocycles. The molecule has 0 spiro atoms. The first kappa shape index (κ1) is 18.7. The molecule has 0 unspecified atom stereocenters. The number of hydrogen-bond donors (Lipinski definition) is 0. The molecule has 7 heteroatoms. The maximum Gasteiger partial charge on any atom is 0.272 e. The molecule has 1 aliphatic heterocycles. The first-order valence-corrected chi connectivity index (χ1v) is 11.2. The summed E-state index contributed by atoms with van der Waals surface area (Å²) in [4.78, 5) is 26.5. The van der Waals surface area contributed by atoms with Gasteiger partial charge < -0.3 is 0 Å². The molecule has 0 radical (unpaired) electrons. The molecule has 4 rings (SSSR count). The van der Waals surface area contributed by atoms with Gasteiger partial charge in [-0.25, -0.2) is 13.4 Å². The third-order valence-electron chi connectivity index (χ3n) is 5.52. The van der Waals surface area contributed by atoms with E-state index in [1.165, 1.54) is 29.3 Å². The Morgan fingerprint density at radius 1 is 0.893 bits per heavy atom. The van der Waals surface area contributed by atoms with E-state index < -0.39 is 15.3 Å². The highest BCUT2D eigenvalue weighted by atomic mass is 32.2. The molecule has 2 aromatic rings. The van der Waals surface area contributed by atoms with Crippen molar-refractivity contribution in [3.05, 3.63) is 65.7 Å². The van der Waals surface area contributed by atoms with E-state index in [-0.39, 0.29) is 16.7 Å². The minimum absolute atomic E-state index is 0.0303. The Morgan fingerprint density at radius 2 is 1.50 bits per heavy atom. The predicted octanol–water partition coefficient (Wildman–Crippen LogP) is 2.41. The predicted molar refractivity (Wildman–Crippen MR) is 104 cm³/mol. The summed E-state index contributed by atoms with van der Waals surface area (Å²) in [6, 6.07) is 15.6. The Bertz CT molecular complexity index is 1010. The summed E-state index contributed by atoms with van der Waals surface area (Å²) in [5.74, 6) is -0.313. The van der Waals surface area contributed by atoms with Crippen molar-refractivity contribution in [3.8, 4) is 0 Å². The van der Waals surface area contributed by atoms with E-state index in [4.69, 9.17) is 0 Å².